The van der Waals surface area contributed by atoms with Gasteiger partial charge in [0.05, 0.1) is 22.9 Å². The lowest BCUT2D eigenvalue weighted by Crippen LogP contribution is -2.12. The molecule has 3 aromatic carbocycles. The molecular formula is C22H15F3N4O2. The lowest BCUT2D eigenvalue weighted by atomic mass is 10.2. The second-order valence-electron chi connectivity index (χ2n) is 6.55. The third-order valence-electron chi connectivity index (χ3n) is 4.37. The number of hydrogen-bond acceptors (Lipinski definition) is 5. The number of carbonyl (C=O) groups is 1. The first-order valence-electron chi connectivity index (χ1n) is 9.12. The normalized spacial score (nSPS) is 10.8. The number of carbonyl (C=O) groups excluding carboxylic acids is 1. The first-order chi connectivity index (χ1) is 14.9. The van der Waals surface area contributed by atoms with E-state index in [4.69, 9.17) is 10.5 Å². The van der Waals surface area contributed by atoms with Crippen molar-refractivity contribution < 1.29 is 22.7 Å². The van der Waals surface area contributed by atoms with Crippen LogP contribution in [0.25, 0.3) is 11.0 Å². The Hall–Kier alpha value is -3.98. The molecule has 0 aliphatic carbocycles. The molecule has 9 heteroatoms. The van der Waals surface area contributed by atoms with Crippen molar-refractivity contribution in [3.63, 3.8) is 0 Å². The molecule has 0 atom stereocenters. The molecule has 3 N–H and O–H groups in total. The number of nitrogens with zero attached hydrogens (tertiary/aromatic N) is 2. The van der Waals surface area contributed by atoms with E-state index in [-0.39, 0.29) is 23.5 Å². The fraction of sp³-hybridized carbons (Fsp3) is 0.0455. The van der Waals surface area contributed by atoms with Crippen molar-refractivity contribution in [3.05, 3.63) is 89.5 Å². The highest BCUT2D eigenvalue weighted by atomic mass is 19.2. The lowest BCUT2D eigenvalue weighted by Gasteiger charge is -2.10. The molecule has 4 rings (SSSR count). The van der Waals surface area contributed by atoms with Gasteiger partial charge in [0, 0.05) is 29.9 Å². The van der Waals surface area contributed by atoms with Gasteiger partial charge in [-0.25, -0.2) is 18.2 Å². The molecule has 4 aromatic rings. The molecule has 0 saturated carbocycles. The van der Waals surface area contributed by atoms with Gasteiger partial charge >= 0.3 is 0 Å². The van der Waals surface area contributed by atoms with Crippen molar-refractivity contribution in [1.82, 2.24) is 9.97 Å². The predicted octanol–water partition coefficient (Wildman–Crippen LogP) is 4.55. The number of amides is 1. The van der Waals surface area contributed by atoms with Crippen LogP contribution in [0.3, 0.4) is 0 Å². The van der Waals surface area contributed by atoms with Crippen LogP contribution >= 0.6 is 0 Å². The summed E-state index contributed by atoms with van der Waals surface area (Å²) in [6, 6.07) is 11.5. The zero-order valence-corrected chi connectivity index (χ0v) is 15.9. The van der Waals surface area contributed by atoms with E-state index in [1.54, 1.807) is 24.4 Å². The summed E-state index contributed by atoms with van der Waals surface area (Å²) in [5, 5.41) is 2.42. The van der Waals surface area contributed by atoms with Crippen LogP contribution in [0.5, 0.6) is 11.5 Å². The summed E-state index contributed by atoms with van der Waals surface area (Å²) in [4.78, 5) is 20.7. The molecule has 0 saturated heterocycles. The van der Waals surface area contributed by atoms with Crippen LogP contribution in [-0.4, -0.2) is 15.9 Å². The quantitative estimate of drug-likeness (QED) is 0.491. The van der Waals surface area contributed by atoms with E-state index in [9.17, 15) is 18.0 Å². The number of rotatable bonds is 5. The zero-order chi connectivity index (χ0) is 22.0. The second-order valence-corrected chi connectivity index (χ2v) is 6.55. The summed E-state index contributed by atoms with van der Waals surface area (Å²) in [5.41, 5.74) is 7.39. The van der Waals surface area contributed by atoms with E-state index in [1.165, 1.54) is 12.1 Å². The smallest absolute Gasteiger partial charge is 0.255 e. The van der Waals surface area contributed by atoms with Crippen LogP contribution < -0.4 is 15.8 Å². The van der Waals surface area contributed by atoms with Gasteiger partial charge < -0.3 is 15.8 Å². The van der Waals surface area contributed by atoms with E-state index in [0.717, 1.165) is 24.3 Å². The van der Waals surface area contributed by atoms with Crippen LogP contribution in [0.15, 0.2) is 60.8 Å². The number of anilines is 1. The largest absolute Gasteiger partial charge is 0.454 e. The first-order valence-corrected chi connectivity index (χ1v) is 9.12. The Balaban J connectivity index is 1.51. The maximum absolute atomic E-state index is 14.5. The highest BCUT2D eigenvalue weighted by Gasteiger charge is 2.12. The molecule has 0 unspecified atom stereocenters. The first kappa shape index (κ1) is 20.3. The van der Waals surface area contributed by atoms with Gasteiger partial charge in [0.15, 0.2) is 23.2 Å². The Morgan fingerprint density at radius 3 is 2.52 bits per heavy atom. The van der Waals surface area contributed by atoms with Crippen molar-refractivity contribution >= 4 is 22.6 Å². The van der Waals surface area contributed by atoms with Crippen LogP contribution in [0.1, 0.15) is 16.1 Å². The minimum absolute atomic E-state index is 0.0758. The Labute approximate surface area is 174 Å². The van der Waals surface area contributed by atoms with Gasteiger partial charge in [-0.1, -0.05) is 0 Å². The third kappa shape index (κ3) is 4.46. The number of halogens is 3. The number of ether oxygens (including phenoxy) is 1. The summed E-state index contributed by atoms with van der Waals surface area (Å²) in [7, 11) is 0. The minimum atomic E-state index is -1.15. The number of aromatic nitrogens is 2. The Bertz CT molecular complexity index is 1300. The highest BCUT2D eigenvalue weighted by Crippen LogP contribution is 2.28. The van der Waals surface area contributed by atoms with E-state index < -0.39 is 23.4 Å². The summed E-state index contributed by atoms with van der Waals surface area (Å²) < 4.78 is 46.4. The van der Waals surface area contributed by atoms with Crippen molar-refractivity contribution in [2.45, 2.75) is 6.54 Å². The van der Waals surface area contributed by atoms with Gasteiger partial charge in [0.2, 0.25) is 0 Å². The van der Waals surface area contributed by atoms with Crippen molar-refractivity contribution in [3.8, 4) is 11.5 Å². The fourth-order valence-electron chi connectivity index (χ4n) is 2.82. The van der Waals surface area contributed by atoms with Gasteiger partial charge in [0.25, 0.3) is 5.91 Å². The van der Waals surface area contributed by atoms with Gasteiger partial charge in [0.1, 0.15) is 5.75 Å². The maximum Gasteiger partial charge on any atom is 0.255 e. The van der Waals surface area contributed by atoms with E-state index in [1.807, 2.05) is 0 Å². The SMILES string of the molecule is NCc1cnc2ccc(Oc3ccc(NC(=O)c4ccc(F)c(F)c4)cc3F)cc2n1. The minimum Gasteiger partial charge on any atom is -0.454 e. The van der Waals surface area contributed by atoms with Crippen molar-refractivity contribution in [1.29, 1.82) is 0 Å². The Morgan fingerprint density at radius 1 is 0.935 bits per heavy atom. The highest BCUT2D eigenvalue weighted by molar-refractivity contribution is 6.04. The Morgan fingerprint density at radius 2 is 1.77 bits per heavy atom. The fourth-order valence-corrected chi connectivity index (χ4v) is 2.82. The molecule has 1 amide bonds. The summed E-state index contributed by atoms with van der Waals surface area (Å²) in [6.07, 6.45) is 1.58. The van der Waals surface area contributed by atoms with Gasteiger partial charge in [-0.2, -0.15) is 0 Å². The molecule has 0 radical (unpaired) electrons. The van der Waals surface area contributed by atoms with Crippen molar-refractivity contribution in [2.24, 2.45) is 5.73 Å². The molecule has 1 aromatic heterocycles. The van der Waals surface area contributed by atoms with Gasteiger partial charge in [-0.3, -0.25) is 9.78 Å². The predicted molar refractivity (Wildman–Crippen MR) is 108 cm³/mol. The lowest BCUT2D eigenvalue weighted by molar-refractivity contribution is 0.102. The summed E-state index contributed by atoms with van der Waals surface area (Å²) >= 11 is 0. The molecule has 0 fully saturated rings. The number of benzene rings is 3. The number of fused-ring (bicyclic) bond motifs is 1. The number of nitrogens with two attached hydrogens (primary N) is 1. The van der Waals surface area contributed by atoms with Gasteiger partial charge in [-0.05, 0) is 42.5 Å². The molecule has 0 spiro atoms. The standard InChI is InChI=1S/C22H15F3N4O2/c23-16-4-1-12(7-17(16)24)22(30)29-13-2-6-21(18(25)8-13)31-15-3-5-19-20(9-15)28-14(10-26)11-27-19/h1-9,11H,10,26H2,(H,29,30). The molecule has 0 aliphatic heterocycles. The van der Waals surface area contributed by atoms with Crippen molar-refractivity contribution in [2.75, 3.05) is 5.32 Å². The van der Waals surface area contributed by atoms with E-state index in [0.29, 0.717) is 22.5 Å². The van der Waals surface area contributed by atoms with Gasteiger partial charge in [-0.15, -0.1) is 0 Å². The second kappa shape index (κ2) is 8.41. The van der Waals surface area contributed by atoms with Crippen LogP contribution in [-0.2, 0) is 6.54 Å². The number of nitrogens with one attached hydrogen (secondary N) is 1. The molecular weight excluding hydrogens is 409 g/mol. The summed E-state index contributed by atoms with van der Waals surface area (Å²) in [5.74, 6) is -3.40. The van der Waals surface area contributed by atoms with E-state index >= 15 is 0 Å². The van der Waals surface area contributed by atoms with Crippen LogP contribution in [0, 0.1) is 17.5 Å². The average Bonchev–Trinajstić information content (AvgIpc) is 2.77. The maximum atomic E-state index is 14.5. The molecule has 31 heavy (non-hydrogen) atoms. The molecule has 156 valence electrons. The van der Waals surface area contributed by atoms with Crippen LogP contribution in [0.2, 0.25) is 0 Å². The summed E-state index contributed by atoms with van der Waals surface area (Å²) in [6.45, 7) is 0.237. The molecule has 1 heterocycles. The monoisotopic (exact) mass is 424 g/mol. The molecule has 6 nitrogen and oxygen atoms in total. The third-order valence-corrected chi connectivity index (χ3v) is 4.37. The molecule has 0 bridgehead atoms. The van der Waals surface area contributed by atoms with E-state index in [2.05, 4.69) is 15.3 Å². The number of hydrogen-bond donors (Lipinski definition) is 2. The topological polar surface area (TPSA) is 90.1 Å². The molecule has 0 aliphatic rings. The van der Waals surface area contributed by atoms with Crippen LogP contribution in [0.4, 0.5) is 18.9 Å². The zero-order valence-electron chi connectivity index (χ0n) is 15.9. The Kier molecular flexibility index (Phi) is 5.50. The average molecular weight is 424 g/mol.